The lowest BCUT2D eigenvalue weighted by Crippen LogP contribution is -2.37. The second kappa shape index (κ2) is 4.79. The van der Waals surface area contributed by atoms with E-state index in [0.717, 1.165) is 0 Å². The highest BCUT2D eigenvalue weighted by Gasteiger charge is 2.26. The van der Waals surface area contributed by atoms with Crippen LogP contribution in [0.15, 0.2) is 18.3 Å². The molecule has 1 aromatic heterocycles. The lowest BCUT2D eigenvalue weighted by molar-refractivity contribution is -0.138. The second-order valence-electron chi connectivity index (χ2n) is 6.95. The third-order valence-electron chi connectivity index (χ3n) is 2.94. The Balaban J connectivity index is 2.87. The van der Waals surface area contributed by atoms with Crippen LogP contribution >= 0.6 is 0 Å². The summed E-state index contributed by atoms with van der Waals surface area (Å²) < 4.78 is 2.22. The maximum atomic E-state index is 12.2. The van der Waals surface area contributed by atoms with Gasteiger partial charge in [-0.25, -0.2) is 0 Å². The highest BCUT2D eigenvalue weighted by atomic mass is 16.2. The second-order valence-corrected chi connectivity index (χ2v) is 6.95. The summed E-state index contributed by atoms with van der Waals surface area (Å²) in [5.74, 6) is 0.171. The molecule has 3 nitrogen and oxygen atoms in total. The number of hydrogen-bond acceptors (Lipinski definition) is 1. The Hall–Kier alpha value is -1.25. The van der Waals surface area contributed by atoms with Crippen molar-refractivity contribution in [3.05, 3.63) is 24.0 Å². The molecule has 0 N–H and O–H groups in total. The van der Waals surface area contributed by atoms with Crippen LogP contribution in [0.1, 0.15) is 47.2 Å². The van der Waals surface area contributed by atoms with E-state index in [2.05, 4.69) is 37.6 Å². The van der Waals surface area contributed by atoms with Crippen LogP contribution in [0.5, 0.6) is 0 Å². The molecule has 102 valence electrons. The van der Waals surface area contributed by atoms with Crippen LogP contribution in [-0.4, -0.2) is 22.4 Å². The van der Waals surface area contributed by atoms with Gasteiger partial charge in [0.15, 0.2) is 0 Å². The van der Waals surface area contributed by atoms with Gasteiger partial charge in [-0.2, -0.15) is 0 Å². The van der Waals surface area contributed by atoms with Crippen LogP contribution in [0.4, 0.5) is 0 Å². The zero-order valence-corrected chi connectivity index (χ0v) is 12.7. The van der Waals surface area contributed by atoms with Crippen molar-refractivity contribution < 1.29 is 4.79 Å². The molecule has 0 fully saturated rings. The van der Waals surface area contributed by atoms with Gasteiger partial charge in [0.1, 0.15) is 0 Å². The van der Waals surface area contributed by atoms with Crippen molar-refractivity contribution in [2.24, 2.45) is 5.41 Å². The molecule has 18 heavy (non-hydrogen) atoms. The van der Waals surface area contributed by atoms with Gasteiger partial charge in [-0.1, -0.05) is 20.8 Å². The lowest BCUT2D eigenvalue weighted by Gasteiger charge is -2.29. The summed E-state index contributed by atoms with van der Waals surface area (Å²) in [7, 11) is 1.87. The van der Waals surface area contributed by atoms with Gasteiger partial charge in [0.05, 0.1) is 6.54 Å². The summed E-state index contributed by atoms with van der Waals surface area (Å²) in [6.07, 6.45) is 2.07. The molecule has 0 aliphatic heterocycles. The van der Waals surface area contributed by atoms with Crippen LogP contribution in [0.3, 0.4) is 0 Å². The van der Waals surface area contributed by atoms with E-state index in [9.17, 15) is 4.79 Å². The van der Waals surface area contributed by atoms with Gasteiger partial charge in [-0.15, -0.1) is 0 Å². The molecule has 0 saturated heterocycles. The maximum absolute atomic E-state index is 12.2. The van der Waals surface area contributed by atoms with Crippen molar-refractivity contribution in [1.29, 1.82) is 0 Å². The van der Waals surface area contributed by atoms with E-state index in [0.29, 0.717) is 6.54 Å². The van der Waals surface area contributed by atoms with Gasteiger partial charge in [-0.05, 0) is 32.9 Å². The van der Waals surface area contributed by atoms with Crippen LogP contribution in [0.25, 0.3) is 0 Å². The van der Waals surface area contributed by atoms with E-state index in [-0.39, 0.29) is 16.9 Å². The van der Waals surface area contributed by atoms with Crippen molar-refractivity contribution in [1.82, 2.24) is 9.47 Å². The highest BCUT2D eigenvalue weighted by Crippen LogP contribution is 2.21. The Morgan fingerprint density at radius 3 is 2.22 bits per heavy atom. The molecule has 1 aromatic rings. The number of nitrogens with zero attached hydrogens (tertiary/aromatic N) is 2. The Kier molecular flexibility index (Phi) is 3.94. The minimum absolute atomic E-state index is 0.0461. The van der Waals surface area contributed by atoms with Gasteiger partial charge in [-0.3, -0.25) is 4.79 Å². The summed E-state index contributed by atoms with van der Waals surface area (Å²) in [4.78, 5) is 14.0. The average molecular weight is 250 g/mol. The Morgan fingerprint density at radius 1 is 1.22 bits per heavy atom. The van der Waals surface area contributed by atoms with Crippen molar-refractivity contribution in [2.45, 2.75) is 53.6 Å². The van der Waals surface area contributed by atoms with Gasteiger partial charge < -0.3 is 9.47 Å². The SMILES string of the molecule is CN(Cc1cccn1C(C)(C)C)C(=O)C(C)(C)C. The number of aromatic nitrogens is 1. The highest BCUT2D eigenvalue weighted by molar-refractivity contribution is 5.81. The monoisotopic (exact) mass is 250 g/mol. The summed E-state index contributed by atoms with van der Waals surface area (Å²) in [6, 6.07) is 4.12. The Labute approximate surface area is 111 Å². The molecule has 0 saturated carbocycles. The van der Waals surface area contributed by atoms with E-state index < -0.39 is 0 Å². The Morgan fingerprint density at radius 2 is 1.78 bits per heavy atom. The van der Waals surface area contributed by atoms with E-state index in [4.69, 9.17) is 0 Å². The molecule has 0 aliphatic rings. The molecule has 0 aliphatic carbocycles. The van der Waals surface area contributed by atoms with E-state index in [1.54, 1.807) is 4.90 Å². The molecule has 3 heteroatoms. The standard InChI is InChI=1S/C15H26N2O/c1-14(2,3)13(18)16(7)11-12-9-8-10-17(12)15(4,5)6/h8-10H,11H2,1-7H3. The Bertz CT molecular complexity index is 418. The number of amides is 1. The topological polar surface area (TPSA) is 25.2 Å². The lowest BCUT2D eigenvalue weighted by atomic mass is 9.95. The first-order valence-corrected chi connectivity index (χ1v) is 6.46. The van der Waals surface area contributed by atoms with Crippen molar-refractivity contribution in [3.63, 3.8) is 0 Å². The first-order chi connectivity index (χ1) is 8.03. The molecule has 0 spiro atoms. The number of carbonyl (C=O) groups is 1. The zero-order valence-electron chi connectivity index (χ0n) is 12.7. The van der Waals surface area contributed by atoms with Gasteiger partial charge >= 0.3 is 0 Å². The van der Waals surface area contributed by atoms with E-state index in [1.165, 1.54) is 5.69 Å². The fraction of sp³-hybridized carbons (Fsp3) is 0.667. The predicted octanol–water partition coefficient (Wildman–Crippen LogP) is 3.25. The number of carbonyl (C=O) groups excluding carboxylic acids is 1. The molecule has 0 atom stereocenters. The van der Waals surface area contributed by atoms with Crippen molar-refractivity contribution in [2.75, 3.05) is 7.05 Å². The van der Waals surface area contributed by atoms with Gasteiger partial charge in [0.25, 0.3) is 0 Å². The summed E-state index contributed by atoms with van der Waals surface area (Å²) in [5, 5.41) is 0. The fourth-order valence-corrected chi connectivity index (χ4v) is 2.09. The predicted molar refractivity (Wildman–Crippen MR) is 75.4 cm³/mol. The molecule has 0 unspecified atom stereocenters. The summed E-state index contributed by atoms with van der Waals surface area (Å²) in [6.45, 7) is 13.0. The smallest absolute Gasteiger partial charge is 0.228 e. The fourth-order valence-electron chi connectivity index (χ4n) is 2.09. The maximum Gasteiger partial charge on any atom is 0.228 e. The molecule has 1 heterocycles. The normalized spacial score (nSPS) is 12.6. The third-order valence-corrected chi connectivity index (χ3v) is 2.94. The first-order valence-electron chi connectivity index (χ1n) is 6.46. The summed E-state index contributed by atoms with van der Waals surface area (Å²) in [5.41, 5.74) is 0.890. The largest absolute Gasteiger partial charge is 0.345 e. The van der Waals surface area contributed by atoms with Crippen LogP contribution < -0.4 is 0 Å². The van der Waals surface area contributed by atoms with Crippen molar-refractivity contribution in [3.8, 4) is 0 Å². The third kappa shape index (κ3) is 3.37. The van der Waals surface area contributed by atoms with Gasteiger partial charge in [0, 0.05) is 29.9 Å². The minimum Gasteiger partial charge on any atom is -0.345 e. The average Bonchev–Trinajstić information content (AvgIpc) is 2.62. The molecular formula is C15H26N2O. The number of hydrogen-bond donors (Lipinski definition) is 0. The van der Waals surface area contributed by atoms with Crippen LogP contribution in [0, 0.1) is 5.41 Å². The van der Waals surface area contributed by atoms with Crippen LogP contribution in [0.2, 0.25) is 0 Å². The molecular weight excluding hydrogens is 224 g/mol. The molecule has 1 amide bonds. The van der Waals surface area contributed by atoms with Crippen LogP contribution in [-0.2, 0) is 16.9 Å². The summed E-state index contributed by atoms with van der Waals surface area (Å²) >= 11 is 0. The first kappa shape index (κ1) is 14.8. The van der Waals surface area contributed by atoms with Gasteiger partial charge in [0.2, 0.25) is 5.91 Å². The van der Waals surface area contributed by atoms with E-state index >= 15 is 0 Å². The number of rotatable bonds is 2. The molecule has 0 aromatic carbocycles. The zero-order chi connectivity index (χ0) is 14.1. The molecule has 0 radical (unpaired) electrons. The molecule has 1 rings (SSSR count). The molecule has 0 bridgehead atoms. The van der Waals surface area contributed by atoms with Crippen molar-refractivity contribution >= 4 is 5.91 Å². The quantitative estimate of drug-likeness (QED) is 0.791. The minimum atomic E-state index is -0.325. The van der Waals surface area contributed by atoms with E-state index in [1.807, 2.05) is 33.9 Å².